The maximum atomic E-state index is 13.4. The van der Waals surface area contributed by atoms with Crippen LogP contribution in [-0.2, 0) is 22.3 Å². The highest BCUT2D eigenvalue weighted by Crippen LogP contribution is 2.34. The smallest absolute Gasteiger partial charge is 0.332 e. The normalized spacial score (nSPS) is 16.1. The van der Waals surface area contributed by atoms with Crippen LogP contribution in [0, 0.1) is 5.82 Å². The molecule has 1 unspecified atom stereocenters. The van der Waals surface area contributed by atoms with Crippen LogP contribution in [-0.4, -0.2) is 27.9 Å². The van der Waals surface area contributed by atoms with E-state index in [2.05, 4.69) is 5.32 Å². The van der Waals surface area contributed by atoms with Gasteiger partial charge >= 0.3 is 6.18 Å². The summed E-state index contributed by atoms with van der Waals surface area (Å²) in [6.45, 7) is 0.0591. The Hall–Kier alpha value is -3.79. The average Bonchev–Trinajstić information content (AvgIpc) is 3.04. The zero-order valence-corrected chi connectivity index (χ0v) is 18.9. The van der Waals surface area contributed by atoms with Crippen LogP contribution in [0.25, 0.3) is 0 Å². The minimum absolute atomic E-state index is 0.0452. The average molecular weight is 502 g/mol. The second kappa shape index (κ2) is 9.83. The number of thiocarbonyl (C=S) groups is 1. The van der Waals surface area contributed by atoms with Gasteiger partial charge in [-0.2, -0.15) is 13.2 Å². The van der Waals surface area contributed by atoms with Gasteiger partial charge in [-0.15, -0.1) is 0 Å². The summed E-state index contributed by atoms with van der Waals surface area (Å²) in [6.07, 6.45) is -4.90. The molecule has 10 heteroatoms. The fraction of sp³-hybridized carbons (Fsp3) is 0.160. The van der Waals surface area contributed by atoms with Crippen molar-refractivity contribution in [2.24, 2.45) is 0 Å². The third kappa shape index (κ3) is 5.48. The van der Waals surface area contributed by atoms with E-state index in [0.717, 1.165) is 17.0 Å². The SMILES string of the molecule is O=C(CC1C(=O)N(c2cccc(C(F)(F)F)c2)C(=S)N1Cc1ccc(F)cc1)Nc1ccccc1. The summed E-state index contributed by atoms with van der Waals surface area (Å²) < 4.78 is 53.2. The molecule has 3 aromatic carbocycles. The molecule has 4 rings (SSSR count). The molecule has 1 atom stereocenters. The number of hydrogen-bond acceptors (Lipinski definition) is 3. The van der Waals surface area contributed by atoms with Crippen molar-refractivity contribution in [3.63, 3.8) is 0 Å². The lowest BCUT2D eigenvalue weighted by Crippen LogP contribution is -2.37. The van der Waals surface area contributed by atoms with Crippen LogP contribution < -0.4 is 10.2 Å². The second-order valence-corrected chi connectivity index (χ2v) is 8.26. The Morgan fingerprint density at radius 2 is 1.66 bits per heavy atom. The highest BCUT2D eigenvalue weighted by Gasteiger charge is 2.44. The maximum absolute atomic E-state index is 13.4. The van der Waals surface area contributed by atoms with Crippen LogP contribution in [0.1, 0.15) is 17.5 Å². The molecule has 1 N–H and O–H groups in total. The summed E-state index contributed by atoms with van der Waals surface area (Å²) in [5.74, 6) is -1.54. The Labute approximate surface area is 204 Å². The van der Waals surface area contributed by atoms with Gasteiger partial charge in [-0.05, 0) is 60.2 Å². The standard InChI is InChI=1S/C25H19F4N3O2S/c26-18-11-9-16(10-12-18)15-31-21(14-22(33)30-19-6-2-1-3-7-19)23(34)32(24(31)35)20-8-4-5-17(13-20)25(27,28)29/h1-13,21H,14-15H2,(H,30,33). The predicted molar refractivity (Wildman–Crippen MR) is 127 cm³/mol. The van der Waals surface area contributed by atoms with Crippen molar-refractivity contribution in [3.8, 4) is 0 Å². The van der Waals surface area contributed by atoms with Gasteiger partial charge in [0.1, 0.15) is 11.9 Å². The van der Waals surface area contributed by atoms with Crippen molar-refractivity contribution < 1.29 is 27.2 Å². The van der Waals surface area contributed by atoms with Crippen molar-refractivity contribution >= 4 is 40.5 Å². The number of amides is 2. The Bertz CT molecular complexity index is 1250. The number of hydrogen-bond donors (Lipinski definition) is 1. The molecule has 2 amide bonds. The van der Waals surface area contributed by atoms with E-state index in [1.807, 2.05) is 0 Å². The first kappa shape index (κ1) is 24.3. The number of anilines is 2. The Morgan fingerprint density at radius 3 is 2.31 bits per heavy atom. The molecule has 1 fully saturated rings. The van der Waals surface area contributed by atoms with E-state index in [1.54, 1.807) is 30.3 Å². The number of halogens is 4. The maximum Gasteiger partial charge on any atom is 0.416 e. The molecule has 5 nitrogen and oxygen atoms in total. The molecule has 1 aliphatic heterocycles. The summed E-state index contributed by atoms with van der Waals surface area (Å²) in [6, 6.07) is 17.4. The zero-order chi connectivity index (χ0) is 25.2. The molecule has 1 heterocycles. The molecule has 3 aromatic rings. The first-order chi connectivity index (χ1) is 16.6. The molecular formula is C25H19F4N3O2S. The minimum atomic E-state index is -4.61. The molecule has 1 saturated heterocycles. The largest absolute Gasteiger partial charge is 0.416 e. The Morgan fingerprint density at radius 1 is 0.971 bits per heavy atom. The van der Waals surface area contributed by atoms with Gasteiger partial charge in [0.15, 0.2) is 5.11 Å². The molecule has 0 radical (unpaired) electrons. The van der Waals surface area contributed by atoms with Crippen LogP contribution in [0.3, 0.4) is 0 Å². The van der Waals surface area contributed by atoms with E-state index >= 15 is 0 Å². The lowest BCUT2D eigenvalue weighted by Gasteiger charge is -2.24. The highest BCUT2D eigenvalue weighted by molar-refractivity contribution is 7.80. The molecule has 0 saturated carbocycles. The number of carbonyl (C=O) groups excluding carboxylic acids is 2. The van der Waals surface area contributed by atoms with Crippen LogP contribution in [0.5, 0.6) is 0 Å². The highest BCUT2D eigenvalue weighted by atomic mass is 32.1. The molecule has 0 aliphatic carbocycles. The van der Waals surface area contributed by atoms with Crippen LogP contribution in [0.4, 0.5) is 28.9 Å². The summed E-state index contributed by atoms with van der Waals surface area (Å²) in [5, 5.41) is 2.66. The summed E-state index contributed by atoms with van der Waals surface area (Å²) >= 11 is 5.49. The van der Waals surface area contributed by atoms with Crippen molar-refractivity contribution in [3.05, 3.63) is 95.8 Å². The van der Waals surface area contributed by atoms with Gasteiger partial charge < -0.3 is 10.2 Å². The number of carbonyl (C=O) groups is 2. The number of nitrogens with one attached hydrogen (secondary N) is 1. The quantitative estimate of drug-likeness (QED) is 0.364. The number of benzene rings is 3. The first-order valence-electron chi connectivity index (χ1n) is 10.5. The molecule has 180 valence electrons. The second-order valence-electron chi connectivity index (χ2n) is 7.89. The minimum Gasteiger partial charge on any atom is -0.332 e. The van der Waals surface area contributed by atoms with Crippen molar-refractivity contribution in [1.82, 2.24) is 4.90 Å². The third-order valence-electron chi connectivity index (χ3n) is 5.45. The molecule has 0 spiro atoms. The fourth-order valence-corrected chi connectivity index (χ4v) is 4.16. The zero-order valence-electron chi connectivity index (χ0n) is 18.1. The van der Waals surface area contributed by atoms with Crippen molar-refractivity contribution in [2.45, 2.75) is 25.2 Å². The van der Waals surface area contributed by atoms with Crippen LogP contribution in [0.15, 0.2) is 78.9 Å². The van der Waals surface area contributed by atoms with Gasteiger partial charge in [0.05, 0.1) is 17.7 Å². The number of alkyl halides is 3. The van der Waals surface area contributed by atoms with E-state index in [0.29, 0.717) is 11.3 Å². The fourth-order valence-electron chi connectivity index (χ4n) is 3.77. The van der Waals surface area contributed by atoms with Crippen LogP contribution in [0.2, 0.25) is 0 Å². The van der Waals surface area contributed by atoms with Crippen molar-refractivity contribution in [1.29, 1.82) is 0 Å². The summed E-state index contributed by atoms with van der Waals surface area (Å²) in [7, 11) is 0. The van der Waals surface area contributed by atoms with Gasteiger partial charge in [0.2, 0.25) is 5.91 Å². The first-order valence-corrected chi connectivity index (χ1v) is 11.0. The van der Waals surface area contributed by atoms with E-state index in [-0.39, 0.29) is 23.8 Å². The Balaban J connectivity index is 1.64. The topological polar surface area (TPSA) is 52.7 Å². The van der Waals surface area contributed by atoms with Crippen LogP contribution >= 0.6 is 12.2 Å². The number of para-hydroxylation sites is 1. The van der Waals surface area contributed by atoms with E-state index in [4.69, 9.17) is 12.2 Å². The van der Waals surface area contributed by atoms with E-state index in [9.17, 15) is 27.2 Å². The van der Waals surface area contributed by atoms with Gasteiger partial charge in [0.25, 0.3) is 5.91 Å². The lowest BCUT2D eigenvalue weighted by atomic mass is 10.1. The molecule has 0 bridgehead atoms. The van der Waals surface area contributed by atoms with Crippen molar-refractivity contribution in [2.75, 3.05) is 10.2 Å². The van der Waals surface area contributed by atoms with E-state index < -0.39 is 35.4 Å². The predicted octanol–water partition coefficient (Wildman–Crippen LogP) is 5.38. The van der Waals surface area contributed by atoms with Gasteiger partial charge in [-0.3, -0.25) is 14.5 Å². The summed E-state index contributed by atoms with van der Waals surface area (Å²) in [5.41, 5.74) is 0.164. The Kier molecular flexibility index (Phi) is 6.83. The van der Waals surface area contributed by atoms with Gasteiger partial charge in [-0.25, -0.2) is 4.39 Å². The molecule has 1 aliphatic rings. The molecule has 0 aromatic heterocycles. The molecular weight excluding hydrogens is 482 g/mol. The number of nitrogens with zero attached hydrogens (tertiary/aromatic N) is 2. The number of rotatable bonds is 6. The van der Waals surface area contributed by atoms with E-state index in [1.165, 1.54) is 41.3 Å². The van der Waals surface area contributed by atoms with Gasteiger partial charge in [0, 0.05) is 12.2 Å². The monoisotopic (exact) mass is 501 g/mol. The molecule has 35 heavy (non-hydrogen) atoms. The third-order valence-corrected chi connectivity index (χ3v) is 5.87. The lowest BCUT2D eigenvalue weighted by molar-refractivity contribution is -0.137. The summed E-state index contributed by atoms with van der Waals surface area (Å²) in [4.78, 5) is 28.6. The van der Waals surface area contributed by atoms with Gasteiger partial charge in [-0.1, -0.05) is 36.4 Å².